The first kappa shape index (κ1) is 17.5. The van der Waals surface area contributed by atoms with Crippen LogP contribution in [0, 0.1) is 5.41 Å². The Morgan fingerprint density at radius 1 is 0.833 bits per heavy atom. The molecule has 0 aromatic rings. The molecule has 0 heterocycles. The van der Waals surface area contributed by atoms with E-state index < -0.39 is 11.4 Å². The summed E-state index contributed by atoms with van der Waals surface area (Å²) in [5.41, 5.74) is -0.486. The van der Waals surface area contributed by atoms with Crippen molar-refractivity contribution >= 4 is 5.97 Å². The Kier molecular flexibility index (Phi) is 10.1. The van der Waals surface area contributed by atoms with Crippen molar-refractivity contribution < 1.29 is 9.90 Å². The lowest BCUT2D eigenvalue weighted by Crippen LogP contribution is -2.27. The molecule has 0 saturated heterocycles. The van der Waals surface area contributed by atoms with E-state index in [1.807, 2.05) is 6.92 Å². The van der Waals surface area contributed by atoms with Gasteiger partial charge in [-0.25, -0.2) is 0 Å². The second-order valence-corrected chi connectivity index (χ2v) is 5.84. The Hall–Kier alpha value is -0.530. The topological polar surface area (TPSA) is 37.3 Å². The summed E-state index contributed by atoms with van der Waals surface area (Å²) in [6.45, 7) is 6.32. The van der Waals surface area contributed by atoms with Crippen molar-refractivity contribution in [1.82, 2.24) is 0 Å². The van der Waals surface area contributed by atoms with Crippen molar-refractivity contribution in [3.63, 3.8) is 0 Å². The molecule has 0 aliphatic heterocycles. The van der Waals surface area contributed by atoms with E-state index in [4.69, 9.17) is 0 Å². The quantitative estimate of drug-likeness (QED) is 0.474. The average Bonchev–Trinajstić information content (AvgIpc) is 2.34. The van der Waals surface area contributed by atoms with E-state index in [1.54, 1.807) is 0 Å². The Labute approximate surface area is 113 Å². The summed E-state index contributed by atoms with van der Waals surface area (Å²) in [5, 5.41) is 9.39. The van der Waals surface area contributed by atoms with Crippen LogP contribution in [0.1, 0.15) is 91.4 Å². The number of rotatable bonds is 12. The van der Waals surface area contributed by atoms with Crippen molar-refractivity contribution in [2.45, 2.75) is 91.4 Å². The lowest BCUT2D eigenvalue weighted by molar-refractivity contribution is -0.149. The average molecular weight is 256 g/mol. The Morgan fingerprint density at radius 2 is 1.22 bits per heavy atom. The largest absolute Gasteiger partial charge is 0.481 e. The van der Waals surface area contributed by atoms with E-state index in [0.29, 0.717) is 0 Å². The minimum atomic E-state index is -0.602. The van der Waals surface area contributed by atoms with Gasteiger partial charge in [-0.1, -0.05) is 71.6 Å². The Bertz CT molecular complexity index is 213. The smallest absolute Gasteiger partial charge is 0.309 e. The van der Waals surface area contributed by atoms with Gasteiger partial charge in [0.2, 0.25) is 0 Å². The fraction of sp³-hybridized carbons (Fsp3) is 0.938. The SMILES string of the molecule is CCCCCCCC(C)(CCCCCC)C(=O)O. The van der Waals surface area contributed by atoms with Gasteiger partial charge in [-0.2, -0.15) is 0 Å². The fourth-order valence-electron chi connectivity index (χ4n) is 2.40. The maximum Gasteiger partial charge on any atom is 0.309 e. The highest BCUT2D eigenvalue weighted by atomic mass is 16.4. The van der Waals surface area contributed by atoms with Crippen molar-refractivity contribution in [2.24, 2.45) is 5.41 Å². The lowest BCUT2D eigenvalue weighted by Gasteiger charge is -2.24. The molecule has 0 rings (SSSR count). The molecule has 108 valence electrons. The van der Waals surface area contributed by atoms with Gasteiger partial charge >= 0.3 is 5.97 Å². The normalized spacial score (nSPS) is 14.4. The highest BCUT2D eigenvalue weighted by molar-refractivity contribution is 5.74. The first-order chi connectivity index (χ1) is 8.56. The molecule has 2 nitrogen and oxygen atoms in total. The van der Waals surface area contributed by atoms with Crippen LogP contribution < -0.4 is 0 Å². The van der Waals surface area contributed by atoms with Gasteiger partial charge in [0, 0.05) is 0 Å². The zero-order chi connectivity index (χ0) is 13.9. The van der Waals surface area contributed by atoms with Crippen LogP contribution in [0.15, 0.2) is 0 Å². The van der Waals surface area contributed by atoms with Crippen LogP contribution in [0.2, 0.25) is 0 Å². The molecule has 1 N–H and O–H groups in total. The second-order valence-electron chi connectivity index (χ2n) is 5.84. The van der Waals surface area contributed by atoms with E-state index in [1.165, 1.54) is 44.9 Å². The number of aliphatic carboxylic acids is 1. The zero-order valence-electron chi connectivity index (χ0n) is 12.6. The van der Waals surface area contributed by atoms with Crippen LogP contribution in [-0.4, -0.2) is 11.1 Å². The van der Waals surface area contributed by atoms with Gasteiger partial charge in [-0.3, -0.25) is 4.79 Å². The molecule has 0 spiro atoms. The van der Waals surface area contributed by atoms with Crippen LogP contribution in [0.5, 0.6) is 0 Å². The van der Waals surface area contributed by atoms with Crippen molar-refractivity contribution in [1.29, 1.82) is 0 Å². The van der Waals surface area contributed by atoms with Gasteiger partial charge in [-0.05, 0) is 19.8 Å². The Morgan fingerprint density at radius 3 is 1.61 bits per heavy atom. The van der Waals surface area contributed by atoms with E-state index in [0.717, 1.165) is 25.7 Å². The van der Waals surface area contributed by atoms with Crippen LogP contribution in [-0.2, 0) is 4.79 Å². The highest BCUT2D eigenvalue weighted by Crippen LogP contribution is 2.31. The molecular weight excluding hydrogens is 224 g/mol. The maximum absolute atomic E-state index is 11.4. The van der Waals surface area contributed by atoms with Crippen molar-refractivity contribution in [3.05, 3.63) is 0 Å². The third-order valence-electron chi connectivity index (χ3n) is 3.93. The third-order valence-corrected chi connectivity index (χ3v) is 3.93. The van der Waals surface area contributed by atoms with Crippen molar-refractivity contribution in [3.8, 4) is 0 Å². The van der Waals surface area contributed by atoms with Crippen LogP contribution in [0.25, 0.3) is 0 Å². The van der Waals surface area contributed by atoms with Crippen molar-refractivity contribution in [2.75, 3.05) is 0 Å². The first-order valence-corrected chi connectivity index (χ1v) is 7.80. The number of hydrogen-bond donors (Lipinski definition) is 1. The molecule has 0 radical (unpaired) electrons. The number of carbonyl (C=O) groups is 1. The standard InChI is InChI=1S/C16H32O2/c1-4-6-8-10-12-14-16(3,15(17)18)13-11-9-7-5-2/h4-14H2,1-3H3,(H,17,18). The van der Waals surface area contributed by atoms with Gasteiger partial charge in [0.05, 0.1) is 5.41 Å². The second kappa shape index (κ2) is 10.4. The molecule has 2 heteroatoms. The first-order valence-electron chi connectivity index (χ1n) is 7.80. The number of unbranched alkanes of at least 4 members (excludes halogenated alkanes) is 7. The monoisotopic (exact) mass is 256 g/mol. The van der Waals surface area contributed by atoms with Crippen LogP contribution >= 0.6 is 0 Å². The fourth-order valence-corrected chi connectivity index (χ4v) is 2.40. The summed E-state index contributed by atoms with van der Waals surface area (Å²) >= 11 is 0. The number of carboxylic acids is 1. The molecule has 0 bridgehead atoms. The summed E-state index contributed by atoms with van der Waals surface area (Å²) in [6.07, 6.45) is 12.4. The molecule has 0 amide bonds. The molecule has 18 heavy (non-hydrogen) atoms. The summed E-state index contributed by atoms with van der Waals surface area (Å²) in [7, 11) is 0. The molecule has 0 aromatic carbocycles. The maximum atomic E-state index is 11.4. The minimum Gasteiger partial charge on any atom is -0.481 e. The van der Waals surface area contributed by atoms with Gasteiger partial charge in [0.25, 0.3) is 0 Å². The third kappa shape index (κ3) is 7.73. The molecule has 0 fully saturated rings. The predicted octanol–water partition coefficient (Wildman–Crippen LogP) is 5.41. The van der Waals surface area contributed by atoms with Gasteiger partial charge < -0.3 is 5.11 Å². The van der Waals surface area contributed by atoms with E-state index in [-0.39, 0.29) is 0 Å². The Balaban J connectivity index is 3.90. The summed E-state index contributed by atoms with van der Waals surface area (Å²) < 4.78 is 0. The van der Waals surface area contributed by atoms with Gasteiger partial charge in [0.1, 0.15) is 0 Å². The van der Waals surface area contributed by atoms with E-state index in [9.17, 15) is 9.90 Å². The zero-order valence-corrected chi connectivity index (χ0v) is 12.6. The summed E-state index contributed by atoms with van der Waals surface area (Å²) in [5.74, 6) is -0.602. The van der Waals surface area contributed by atoms with Gasteiger partial charge in [0.15, 0.2) is 0 Å². The lowest BCUT2D eigenvalue weighted by atomic mass is 9.80. The van der Waals surface area contributed by atoms with Crippen LogP contribution in [0.3, 0.4) is 0 Å². The summed E-state index contributed by atoms with van der Waals surface area (Å²) in [6, 6.07) is 0. The molecule has 1 atom stereocenters. The van der Waals surface area contributed by atoms with E-state index >= 15 is 0 Å². The predicted molar refractivity (Wildman–Crippen MR) is 77.9 cm³/mol. The molecule has 0 aliphatic carbocycles. The van der Waals surface area contributed by atoms with Gasteiger partial charge in [-0.15, -0.1) is 0 Å². The highest BCUT2D eigenvalue weighted by Gasteiger charge is 2.31. The number of carboxylic acid groups (broad SMARTS) is 1. The minimum absolute atomic E-state index is 0.486. The molecule has 1 unspecified atom stereocenters. The van der Waals surface area contributed by atoms with E-state index in [2.05, 4.69) is 13.8 Å². The molecule has 0 aliphatic rings. The number of hydrogen-bond acceptors (Lipinski definition) is 1. The molecule has 0 aromatic heterocycles. The molecule has 0 saturated carbocycles. The summed E-state index contributed by atoms with van der Waals surface area (Å²) in [4.78, 5) is 11.4. The molecular formula is C16H32O2. The van der Waals surface area contributed by atoms with Crippen LogP contribution in [0.4, 0.5) is 0 Å².